The molecule has 5 nitrogen and oxygen atoms in total. The molecule has 29 heavy (non-hydrogen) atoms. The molecule has 1 heterocycles. The maximum atomic E-state index is 13.1. The molecule has 4 aliphatic carbocycles. The van der Waals surface area contributed by atoms with E-state index >= 15 is 0 Å². The van der Waals surface area contributed by atoms with Gasteiger partial charge in [-0.05, 0) is 87.5 Å². The molecule has 1 amide bonds. The minimum absolute atomic E-state index is 0.0582. The highest BCUT2D eigenvalue weighted by Gasteiger charge is 2.54. The topological polar surface area (TPSA) is 71.1 Å². The number of anilines is 2. The van der Waals surface area contributed by atoms with Crippen molar-refractivity contribution >= 4 is 33.8 Å². The Hall–Kier alpha value is -2.21. The first-order valence-electron chi connectivity index (χ1n) is 10.6. The van der Waals surface area contributed by atoms with Crippen LogP contribution in [0.2, 0.25) is 0 Å². The highest BCUT2D eigenvalue weighted by Crippen LogP contribution is 2.60. The average molecular weight is 410 g/mol. The first-order chi connectivity index (χ1) is 14.0. The van der Waals surface area contributed by atoms with Crippen molar-refractivity contribution in [1.29, 1.82) is 0 Å². The summed E-state index contributed by atoms with van der Waals surface area (Å²) in [7, 11) is 0. The third-order valence-corrected chi connectivity index (χ3v) is 7.85. The Morgan fingerprint density at radius 2 is 1.69 bits per heavy atom. The van der Waals surface area contributed by atoms with E-state index in [9.17, 15) is 9.59 Å². The zero-order valence-electron chi connectivity index (χ0n) is 16.7. The molecular weight excluding hydrogens is 382 g/mol. The maximum Gasteiger partial charge on any atom is 0.226 e. The van der Waals surface area contributed by atoms with Crippen LogP contribution in [0.5, 0.6) is 0 Å². The zero-order chi connectivity index (χ0) is 20.0. The molecule has 0 radical (unpaired) electrons. The Kier molecular flexibility index (Phi) is 4.69. The number of nitrogens with one attached hydrogen (secondary N) is 2. The number of hydrogen-bond acceptors (Lipinski definition) is 5. The smallest absolute Gasteiger partial charge is 0.226 e. The summed E-state index contributed by atoms with van der Waals surface area (Å²) in [4.78, 5) is 29.1. The third-order valence-electron chi connectivity index (χ3n) is 7.04. The number of hydrogen-bond donors (Lipinski definition) is 2. The highest BCUT2D eigenvalue weighted by molar-refractivity contribution is 7.13. The van der Waals surface area contributed by atoms with E-state index in [2.05, 4.69) is 15.6 Å². The summed E-state index contributed by atoms with van der Waals surface area (Å²) in [6.45, 7) is 2.05. The number of amides is 1. The molecule has 6 rings (SSSR count). The molecule has 4 fully saturated rings. The van der Waals surface area contributed by atoms with E-state index in [-0.39, 0.29) is 17.1 Å². The van der Waals surface area contributed by atoms with Gasteiger partial charge in [0, 0.05) is 22.0 Å². The van der Waals surface area contributed by atoms with E-state index in [0.717, 1.165) is 53.5 Å². The van der Waals surface area contributed by atoms with Crippen molar-refractivity contribution in [3.8, 4) is 0 Å². The molecule has 152 valence electrons. The number of carbonyl (C=O) groups is 2. The monoisotopic (exact) mass is 409 g/mol. The lowest BCUT2D eigenvalue weighted by Gasteiger charge is -2.55. The summed E-state index contributed by atoms with van der Waals surface area (Å²) in [5, 5.41) is 9.25. The largest absolute Gasteiger partial charge is 0.350 e. The van der Waals surface area contributed by atoms with Gasteiger partial charge in [0.2, 0.25) is 5.91 Å². The number of ketones is 1. The SMILES string of the molecule is CC(=O)c1ccc(Nc2nc(CNC(=O)C34CC5CC(CC(C5)C3)C4)cs2)cc1. The van der Waals surface area contributed by atoms with Gasteiger partial charge < -0.3 is 10.6 Å². The van der Waals surface area contributed by atoms with Crippen LogP contribution < -0.4 is 10.6 Å². The van der Waals surface area contributed by atoms with Gasteiger partial charge in [0.15, 0.2) is 10.9 Å². The van der Waals surface area contributed by atoms with Gasteiger partial charge in [-0.3, -0.25) is 9.59 Å². The lowest BCUT2D eigenvalue weighted by atomic mass is 9.49. The van der Waals surface area contributed by atoms with Crippen LogP contribution >= 0.6 is 11.3 Å². The summed E-state index contributed by atoms with van der Waals surface area (Å²) >= 11 is 1.53. The number of rotatable bonds is 6. The first kappa shape index (κ1) is 18.8. The quantitative estimate of drug-likeness (QED) is 0.664. The Labute approximate surface area is 175 Å². The van der Waals surface area contributed by atoms with Crippen LogP contribution in [0.4, 0.5) is 10.8 Å². The van der Waals surface area contributed by atoms with Crippen LogP contribution in [0.3, 0.4) is 0 Å². The minimum Gasteiger partial charge on any atom is -0.350 e. The lowest BCUT2D eigenvalue weighted by molar-refractivity contribution is -0.146. The van der Waals surface area contributed by atoms with Crippen molar-refractivity contribution in [2.45, 2.75) is 52.0 Å². The molecule has 1 aromatic heterocycles. The molecule has 0 unspecified atom stereocenters. The molecule has 4 aliphatic rings. The molecule has 0 atom stereocenters. The Bertz CT molecular complexity index is 899. The standard InChI is InChI=1S/C23H27N3O2S/c1-14(27)18-2-4-19(5-3-18)25-22-26-20(13-29-22)12-24-21(28)23-9-15-6-16(10-23)8-17(7-15)11-23/h2-5,13,15-17H,6-12H2,1H3,(H,24,28)(H,25,26). The summed E-state index contributed by atoms with van der Waals surface area (Å²) in [6.07, 6.45) is 7.31. The van der Waals surface area contributed by atoms with Crippen LogP contribution in [-0.2, 0) is 11.3 Å². The maximum absolute atomic E-state index is 13.1. The van der Waals surface area contributed by atoms with Crippen molar-refractivity contribution in [3.63, 3.8) is 0 Å². The van der Waals surface area contributed by atoms with Crippen molar-refractivity contribution in [2.75, 3.05) is 5.32 Å². The summed E-state index contributed by atoms with van der Waals surface area (Å²) in [6, 6.07) is 7.38. The Balaban J connectivity index is 1.19. The molecule has 2 N–H and O–H groups in total. The first-order valence-corrected chi connectivity index (χ1v) is 11.5. The van der Waals surface area contributed by atoms with Gasteiger partial charge in [-0.1, -0.05) is 0 Å². The van der Waals surface area contributed by atoms with Crippen molar-refractivity contribution in [2.24, 2.45) is 23.2 Å². The second-order valence-electron chi connectivity index (χ2n) is 9.28. The van der Waals surface area contributed by atoms with Gasteiger partial charge in [-0.25, -0.2) is 4.98 Å². The molecule has 2 aromatic rings. The van der Waals surface area contributed by atoms with Crippen molar-refractivity contribution < 1.29 is 9.59 Å². The fraction of sp³-hybridized carbons (Fsp3) is 0.522. The number of Topliss-reactive ketones (excluding diaryl/α,β-unsaturated/α-hetero) is 1. The van der Waals surface area contributed by atoms with Gasteiger partial charge in [0.25, 0.3) is 0 Å². The van der Waals surface area contributed by atoms with Gasteiger partial charge in [-0.2, -0.15) is 0 Å². The van der Waals surface area contributed by atoms with Crippen LogP contribution in [0.15, 0.2) is 29.6 Å². The predicted molar refractivity (Wildman–Crippen MR) is 114 cm³/mol. The molecule has 4 bridgehead atoms. The number of nitrogens with zero attached hydrogens (tertiary/aromatic N) is 1. The van der Waals surface area contributed by atoms with E-state index in [1.807, 2.05) is 29.6 Å². The number of benzene rings is 1. The van der Waals surface area contributed by atoms with Crippen molar-refractivity contribution in [1.82, 2.24) is 10.3 Å². The fourth-order valence-electron chi connectivity index (χ4n) is 6.10. The lowest BCUT2D eigenvalue weighted by Crippen LogP contribution is -2.53. The summed E-state index contributed by atoms with van der Waals surface area (Å²) < 4.78 is 0. The van der Waals surface area contributed by atoms with Gasteiger partial charge >= 0.3 is 0 Å². The Morgan fingerprint density at radius 3 is 2.28 bits per heavy atom. The normalized spacial score (nSPS) is 29.6. The average Bonchev–Trinajstić information content (AvgIpc) is 3.13. The van der Waals surface area contributed by atoms with E-state index in [1.165, 1.54) is 30.6 Å². The zero-order valence-corrected chi connectivity index (χ0v) is 17.6. The second kappa shape index (κ2) is 7.24. The van der Waals surface area contributed by atoms with Gasteiger partial charge in [0.05, 0.1) is 12.2 Å². The van der Waals surface area contributed by atoms with Crippen LogP contribution in [0.25, 0.3) is 0 Å². The summed E-state index contributed by atoms with van der Waals surface area (Å²) in [5.74, 6) is 2.63. The molecule has 1 aromatic carbocycles. The Morgan fingerprint density at radius 1 is 1.07 bits per heavy atom. The van der Waals surface area contributed by atoms with Crippen LogP contribution in [0.1, 0.15) is 61.5 Å². The number of carbonyl (C=O) groups excluding carboxylic acids is 2. The number of aromatic nitrogens is 1. The second-order valence-corrected chi connectivity index (χ2v) is 10.1. The summed E-state index contributed by atoms with van der Waals surface area (Å²) in [5.41, 5.74) is 2.37. The molecule has 0 aliphatic heterocycles. The fourth-order valence-corrected chi connectivity index (χ4v) is 6.83. The van der Waals surface area contributed by atoms with Gasteiger partial charge in [0.1, 0.15) is 0 Å². The van der Waals surface area contributed by atoms with Gasteiger partial charge in [-0.15, -0.1) is 11.3 Å². The van der Waals surface area contributed by atoms with Crippen LogP contribution in [0, 0.1) is 23.2 Å². The number of thiazole rings is 1. The molecule has 6 heteroatoms. The van der Waals surface area contributed by atoms with E-state index < -0.39 is 0 Å². The highest BCUT2D eigenvalue weighted by atomic mass is 32.1. The van der Waals surface area contributed by atoms with Crippen LogP contribution in [-0.4, -0.2) is 16.7 Å². The van der Waals surface area contributed by atoms with E-state index in [1.54, 1.807) is 6.92 Å². The minimum atomic E-state index is -0.107. The molecule has 4 saturated carbocycles. The molecular formula is C23H27N3O2S. The molecule has 0 saturated heterocycles. The molecule has 0 spiro atoms. The van der Waals surface area contributed by atoms with E-state index in [0.29, 0.717) is 12.1 Å². The van der Waals surface area contributed by atoms with E-state index in [4.69, 9.17) is 0 Å². The van der Waals surface area contributed by atoms with Crippen molar-refractivity contribution in [3.05, 3.63) is 40.9 Å². The third kappa shape index (κ3) is 3.70. The predicted octanol–water partition coefficient (Wildman–Crippen LogP) is 4.92.